The highest BCUT2D eigenvalue weighted by molar-refractivity contribution is 8.18. The van der Waals surface area contributed by atoms with Gasteiger partial charge in [0.15, 0.2) is 5.17 Å². The van der Waals surface area contributed by atoms with Crippen LogP contribution in [0, 0.1) is 5.41 Å². The van der Waals surface area contributed by atoms with Crippen molar-refractivity contribution in [1.82, 2.24) is 9.88 Å². The first-order valence-electron chi connectivity index (χ1n) is 5.48. The van der Waals surface area contributed by atoms with Crippen LogP contribution in [0.3, 0.4) is 0 Å². The van der Waals surface area contributed by atoms with Crippen LogP contribution >= 0.6 is 11.8 Å². The molecule has 2 heterocycles. The van der Waals surface area contributed by atoms with Gasteiger partial charge in [-0.3, -0.25) is 10.2 Å². The van der Waals surface area contributed by atoms with Crippen LogP contribution in [0.2, 0.25) is 0 Å². The number of aromatic nitrogens is 1. The second-order valence-corrected chi connectivity index (χ2v) is 5.16. The number of aryl methyl sites for hydroxylation is 1. The average molecular weight is 257 g/mol. The maximum Gasteiger partial charge on any atom is 0.264 e. The Morgan fingerprint density at radius 3 is 2.89 bits per heavy atom. The number of thioether (sulfide) groups is 1. The monoisotopic (exact) mass is 257 g/mol. The van der Waals surface area contributed by atoms with Gasteiger partial charge in [0, 0.05) is 29.7 Å². The Morgan fingerprint density at radius 1 is 1.39 bits per heavy atom. The summed E-state index contributed by atoms with van der Waals surface area (Å²) in [5, 5.41) is 11.2. The van der Waals surface area contributed by atoms with E-state index in [0.29, 0.717) is 4.91 Å². The first-order valence-corrected chi connectivity index (χ1v) is 6.30. The topological polar surface area (TPSA) is 57.9 Å². The van der Waals surface area contributed by atoms with Crippen molar-refractivity contribution in [2.24, 2.45) is 7.05 Å². The third kappa shape index (κ3) is 1.73. The van der Waals surface area contributed by atoms with Crippen molar-refractivity contribution in [3.8, 4) is 0 Å². The summed E-state index contributed by atoms with van der Waals surface area (Å²) >= 11 is 1.16. The first-order chi connectivity index (χ1) is 8.65. The minimum Gasteiger partial charge on any atom is -0.350 e. The van der Waals surface area contributed by atoms with Gasteiger partial charge in [-0.1, -0.05) is 18.2 Å². The molecule has 5 heteroatoms. The zero-order chi connectivity index (χ0) is 12.7. The predicted molar refractivity (Wildman–Crippen MR) is 74.4 cm³/mol. The Balaban J connectivity index is 2.13. The first kappa shape index (κ1) is 11.1. The zero-order valence-corrected chi connectivity index (χ0v) is 10.5. The fourth-order valence-corrected chi connectivity index (χ4v) is 2.76. The molecule has 18 heavy (non-hydrogen) atoms. The normalized spacial score (nSPS) is 17.7. The number of amides is 1. The van der Waals surface area contributed by atoms with Gasteiger partial charge < -0.3 is 9.88 Å². The molecule has 4 nitrogen and oxygen atoms in total. The highest BCUT2D eigenvalue weighted by Crippen LogP contribution is 2.28. The van der Waals surface area contributed by atoms with Crippen LogP contribution < -0.4 is 5.32 Å². The SMILES string of the molecule is Cn1cc(C=C2SC(=N)NC2=O)c2ccccc21. The number of amidine groups is 1. The summed E-state index contributed by atoms with van der Waals surface area (Å²) in [4.78, 5) is 12.2. The molecular weight excluding hydrogens is 246 g/mol. The lowest BCUT2D eigenvalue weighted by atomic mass is 10.1. The Kier molecular flexibility index (Phi) is 2.48. The quantitative estimate of drug-likeness (QED) is 0.770. The molecule has 3 rings (SSSR count). The number of para-hydroxylation sites is 1. The number of fused-ring (bicyclic) bond motifs is 1. The third-order valence-electron chi connectivity index (χ3n) is 2.88. The smallest absolute Gasteiger partial charge is 0.264 e. The van der Waals surface area contributed by atoms with Crippen molar-refractivity contribution in [1.29, 1.82) is 5.41 Å². The molecule has 0 unspecified atom stereocenters. The lowest BCUT2D eigenvalue weighted by Crippen LogP contribution is -2.18. The highest BCUT2D eigenvalue weighted by atomic mass is 32.2. The molecule has 0 aliphatic carbocycles. The lowest BCUT2D eigenvalue weighted by Gasteiger charge is -1.93. The van der Waals surface area contributed by atoms with Crippen LogP contribution in [0.15, 0.2) is 35.4 Å². The fourth-order valence-electron chi connectivity index (χ4n) is 2.07. The maximum atomic E-state index is 11.6. The highest BCUT2D eigenvalue weighted by Gasteiger charge is 2.22. The predicted octanol–water partition coefficient (Wildman–Crippen LogP) is 2.32. The largest absolute Gasteiger partial charge is 0.350 e. The summed E-state index contributed by atoms with van der Waals surface area (Å²) in [5.74, 6) is -0.196. The minimum absolute atomic E-state index is 0.187. The molecule has 0 atom stereocenters. The van der Waals surface area contributed by atoms with E-state index in [0.717, 1.165) is 28.2 Å². The van der Waals surface area contributed by atoms with Gasteiger partial charge in [-0.25, -0.2) is 0 Å². The fraction of sp³-hybridized carbons (Fsp3) is 0.0769. The molecule has 90 valence electrons. The van der Waals surface area contributed by atoms with Gasteiger partial charge >= 0.3 is 0 Å². The zero-order valence-electron chi connectivity index (χ0n) is 9.73. The molecule has 1 saturated heterocycles. The van der Waals surface area contributed by atoms with E-state index >= 15 is 0 Å². The molecule has 0 saturated carbocycles. The van der Waals surface area contributed by atoms with Crippen LogP contribution in [-0.2, 0) is 11.8 Å². The van der Waals surface area contributed by atoms with Gasteiger partial charge in [0.1, 0.15) is 0 Å². The molecular formula is C13H11N3OS. The Hall–Kier alpha value is -2.01. The number of carbonyl (C=O) groups is 1. The van der Waals surface area contributed by atoms with Gasteiger partial charge in [0.05, 0.1) is 4.91 Å². The van der Waals surface area contributed by atoms with Gasteiger partial charge in [-0.15, -0.1) is 0 Å². The number of hydrogen-bond donors (Lipinski definition) is 2. The van der Waals surface area contributed by atoms with E-state index in [1.165, 1.54) is 0 Å². The number of carbonyl (C=O) groups excluding carboxylic acids is 1. The number of hydrogen-bond acceptors (Lipinski definition) is 3. The lowest BCUT2D eigenvalue weighted by molar-refractivity contribution is -0.115. The van der Waals surface area contributed by atoms with Crippen molar-refractivity contribution in [3.63, 3.8) is 0 Å². The van der Waals surface area contributed by atoms with E-state index in [9.17, 15) is 4.79 Å². The van der Waals surface area contributed by atoms with Crippen LogP contribution in [0.25, 0.3) is 17.0 Å². The summed E-state index contributed by atoms with van der Waals surface area (Å²) in [6.07, 6.45) is 3.83. The van der Waals surface area contributed by atoms with Crippen molar-refractivity contribution >= 4 is 39.8 Å². The molecule has 1 amide bonds. The van der Waals surface area contributed by atoms with E-state index in [1.54, 1.807) is 0 Å². The standard InChI is InChI=1S/C13H11N3OS/c1-16-7-8(9-4-2-3-5-10(9)16)6-11-12(17)15-13(14)18-11/h2-7H,1H3,(H2,14,15,17). The Bertz CT molecular complexity index is 699. The molecule has 2 aromatic rings. The van der Waals surface area contributed by atoms with E-state index < -0.39 is 0 Å². The summed E-state index contributed by atoms with van der Waals surface area (Å²) in [6, 6.07) is 8.05. The van der Waals surface area contributed by atoms with Gasteiger partial charge in [0.25, 0.3) is 5.91 Å². The van der Waals surface area contributed by atoms with Gasteiger partial charge in [-0.2, -0.15) is 0 Å². The van der Waals surface area contributed by atoms with Crippen molar-refractivity contribution in [2.75, 3.05) is 0 Å². The van der Waals surface area contributed by atoms with E-state index in [2.05, 4.69) is 5.32 Å². The van der Waals surface area contributed by atoms with Crippen LogP contribution in [0.4, 0.5) is 0 Å². The number of benzene rings is 1. The molecule has 0 radical (unpaired) electrons. The molecule has 1 aromatic carbocycles. The minimum atomic E-state index is -0.196. The van der Waals surface area contributed by atoms with E-state index in [4.69, 9.17) is 5.41 Å². The number of nitrogens with one attached hydrogen (secondary N) is 2. The van der Waals surface area contributed by atoms with Crippen LogP contribution in [-0.4, -0.2) is 15.6 Å². The van der Waals surface area contributed by atoms with E-state index in [-0.39, 0.29) is 11.1 Å². The van der Waals surface area contributed by atoms with Crippen molar-refractivity contribution in [2.45, 2.75) is 0 Å². The molecule has 0 bridgehead atoms. The molecule has 1 aliphatic heterocycles. The number of nitrogens with zero attached hydrogens (tertiary/aromatic N) is 1. The van der Waals surface area contributed by atoms with E-state index in [1.807, 2.05) is 48.2 Å². The summed E-state index contributed by atoms with van der Waals surface area (Å²) in [7, 11) is 1.98. The molecule has 1 aromatic heterocycles. The Labute approximate surface area is 108 Å². The summed E-state index contributed by atoms with van der Waals surface area (Å²) < 4.78 is 2.03. The number of rotatable bonds is 1. The molecule has 1 aliphatic rings. The van der Waals surface area contributed by atoms with Crippen LogP contribution in [0.1, 0.15) is 5.56 Å². The molecule has 1 fully saturated rings. The second-order valence-electron chi connectivity index (χ2n) is 4.11. The summed E-state index contributed by atoms with van der Waals surface area (Å²) in [5.41, 5.74) is 2.13. The summed E-state index contributed by atoms with van der Waals surface area (Å²) in [6.45, 7) is 0. The molecule has 0 spiro atoms. The average Bonchev–Trinajstić information content (AvgIpc) is 2.82. The van der Waals surface area contributed by atoms with Crippen molar-refractivity contribution in [3.05, 3.63) is 40.9 Å². The molecule has 2 N–H and O–H groups in total. The van der Waals surface area contributed by atoms with Crippen LogP contribution in [0.5, 0.6) is 0 Å². The van der Waals surface area contributed by atoms with Gasteiger partial charge in [-0.05, 0) is 23.9 Å². The third-order valence-corrected chi connectivity index (χ3v) is 3.71. The van der Waals surface area contributed by atoms with Gasteiger partial charge in [0.2, 0.25) is 0 Å². The Morgan fingerprint density at radius 2 is 2.17 bits per heavy atom. The second kappa shape index (κ2) is 4.03. The maximum absolute atomic E-state index is 11.6. The van der Waals surface area contributed by atoms with Crippen molar-refractivity contribution < 1.29 is 4.79 Å².